The molecule has 19 heavy (non-hydrogen) atoms. The standard InChI is InChI=1S/C14H14N4S/c1-8-3-4-11-12(5-8)18-14(17-11)19-13-6-10(15)9(2)7-16-13/h3-7H,1-2H3,(H2,15,16)(H,17,18). The highest BCUT2D eigenvalue weighted by Crippen LogP contribution is 2.27. The second kappa shape index (κ2) is 4.59. The molecule has 0 radical (unpaired) electrons. The normalized spacial score (nSPS) is 11.1. The minimum Gasteiger partial charge on any atom is -0.398 e. The molecule has 0 aliphatic rings. The molecule has 2 aromatic heterocycles. The van der Waals surface area contributed by atoms with E-state index in [4.69, 9.17) is 5.73 Å². The van der Waals surface area contributed by atoms with Crippen LogP contribution in [0.2, 0.25) is 0 Å². The number of nitrogens with zero attached hydrogens (tertiary/aromatic N) is 2. The van der Waals surface area contributed by atoms with Crippen LogP contribution in [-0.2, 0) is 0 Å². The number of nitrogens with two attached hydrogens (primary N) is 1. The summed E-state index contributed by atoms with van der Waals surface area (Å²) in [5.74, 6) is 0. The number of aromatic nitrogens is 3. The molecule has 0 unspecified atom stereocenters. The van der Waals surface area contributed by atoms with Gasteiger partial charge in [-0.3, -0.25) is 0 Å². The van der Waals surface area contributed by atoms with Crippen LogP contribution in [0.25, 0.3) is 11.0 Å². The third-order valence-electron chi connectivity index (χ3n) is 2.94. The molecule has 0 aliphatic heterocycles. The Balaban J connectivity index is 1.94. The molecule has 4 nitrogen and oxygen atoms in total. The van der Waals surface area contributed by atoms with Crippen LogP contribution in [0.5, 0.6) is 0 Å². The molecule has 1 aromatic carbocycles. The Bertz CT molecular complexity index is 748. The maximum atomic E-state index is 5.89. The molecule has 3 N–H and O–H groups in total. The Morgan fingerprint density at radius 1 is 1.21 bits per heavy atom. The minimum atomic E-state index is 0.754. The van der Waals surface area contributed by atoms with Gasteiger partial charge < -0.3 is 10.7 Å². The number of anilines is 1. The van der Waals surface area contributed by atoms with Crippen molar-refractivity contribution >= 4 is 28.5 Å². The largest absolute Gasteiger partial charge is 0.398 e. The van der Waals surface area contributed by atoms with Crippen molar-refractivity contribution in [2.24, 2.45) is 0 Å². The SMILES string of the molecule is Cc1ccc2nc(Sc3cc(N)c(C)cn3)[nH]c2c1. The van der Waals surface area contributed by atoms with E-state index in [1.807, 2.05) is 19.1 Å². The fourth-order valence-corrected chi connectivity index (χ4v) is 2.62. The summed E-state index contributed by atoms with van der Waals surface area (Å²) in [6.45, 7) is 4.01. The summed E-state index contributed by atoms with van der Waals surface area (Å²) in [5.41, 5.74) is 10.9. The van der Waals surface area contributed by atoms with Crippen molar-refractivity contribution in [3.63, 3.8) is 0 Å². The lowest BCUT2D eigenvalue weighted by Gasteiger charge is -2.01. The molecule has 0 amide bonds. The lowest BCUT2D eigenvalue weighted by atomic mass is 10.2. The molecular weight excluding hydrogens is 256 g/mol. The van der Waals surface area contributed by atoms with Crippen LogP contribution in [0, 0.1) is 13.8 Å². The Labute approximate surface area is 115 Å². The number of H-pyrrole nitrogens is 1. The van der Waals surface area contributed by atoms with E-state index in [1.165, 1.54) is 17.3 Å². The number of aryl methyl sites for hydroxylation is 2. The van der Waals surface area contributed by atoms with E-state index in [9.17, 15) is 0 Å². The molecule has 0 fully saturated rings. The van der Waals surface area contributed by atoms with Crippen molar-refractivity contribution in [2.45, 2.75) is 24.0 Å². The van der Waals surface area contributed by atoms with Crippen molar-refractivity contribution in [1.82, 2.24) is 15.0 Å². The van der Waals surface area contributed by atoms with Gasteiger partial charge in [0.05, 0.1) is 11.0 Å². The van der Waals surface area contributed by atoms with E-state index in [0.29, 0.717) is 0 Å². The summed E-state index contributed by atoms with van der Waals surface area (Å²) in [6.07, 6.45) is 1.78. The van der Waals surface area contributed by atoms with Crippen molar-refractivity contribution in [1.29, 1.82) is 0 Å². The Kier molecular flexibility index (Phi) is 2.91. The van der Waals surface area contributed by atoms with Crippen LogP contribution < -0.4 is 5.73 Å². The van der Waals surface area contributed by atoms with E-state index >= 15 is 0 Å². The molecule has 0 bridgehead atoms. The molecule has 0 atom stereocenters. The van der Waals surface area contributed by atoms with E-state index in [0.717, 1.165) is 32.5 Å². The first-order valence-corrected chi connectivity index (χ1v) is 6.80. The first kappa shape index (κ1) is 12.0. The predicted molar refractivity (Wildman–Crippen MR) is 78.3 cm³/mol. The Morgan fingerprint density at radius 3 is 2.84 bits per heavy atom. The van der Waals surface area contributed by atoms with Gasteiger partial charge >= 0.3 is 0 Å². The number of hydrogen-bond acceptors (Lipinski definition) is 4. The van der Waals surface area contributed by atoms with Gasteiger partial charge in [-0.2, -0.15) is 0 Å². The smallest absolute Gasteiger partial charge is 0.172 e. The highest BCUT2D eigenvalue weighted by atomic mass is 32.2. The molecule has 3 aromatic rings. The lowest BCUT2D eigenvalue weighted by Crippen LogP contribution is -1.91. The van der Waals surface area contributed by atoms with E-state index in [2.05, 4.69) is 34.0 Å². The maximum absolute atomic E-state index is 5.89. The summed E-state index contributed by atoms with van der Waals surface area (Å²) in [7, 11) is 0. The molecule has 5 heteroatoms. The fraction of sp³-hybridized carbons (Fsp3) is 0.143. The molecule has 0 saturated carbocycles. The summed E-state index contributed by atoms with van der Waals surface area (Å²) in [4.78, 5) is 12.2. The van der Waals surface area contributed by atoms with Gasteiger partial charge in [0.15, 0.2) is 5.16 Å². The third-order valence-corrected chi connectivity index (χ3v) is 3.76. The number of aromatic amines is 1. The van der Waals surface area contributed by atoms with Crippen LogP contribution in [0.1, 0.15) is 11.1 Å². The second-order valence-corrected chi connectivity index (χ2v) is 5.55. The summed E-state index contributed by atoms with van der Waals surface area (Å²) < 4.78 is 0. The fourth-order valence-electron chi connectivity index (χ4n) is 1.82. The third kappa shape index (κ3) is 2.42. The average molecular weight is 270 g/mol. The van der Waals surface area contributed by atoms with Crippen molar-refractivity contribution in [3.8, 4) is 0 Å². The highest BCUT2D eigenvalue weighted by Gasteiger charge is 2.06. The van der Waals surface area contributed by atoms with Gasteiger partial charge in [-0.25, -0.2) is 9.97 Å². The topological polar surface area (TPSA) is 67.6 Å². The Hall–Kier alpha value is -2.01. The first-order chi connectivity index (χ1) is 9.11. The highest BCUT2D eigenvalue weighted by molar-refractivity contribution is 7.99. The summed E-state index contributed by atoms with van der Waals surface area (Å²) >= 11 is 1.48. The molecule has 2 heterocycles. The molecule has 0 aliphatic carbocycles. The quantitative estimate of drug-likeness (QED) is 0.749. The monoisotopic (exact) mass is 270 g/mol. The zero-order valence-corrected chi connectivity index (χ0v) is 11.6. The summed E-state index contributed by atoms with van der Waals surface area (Å²) in [6, 6.07) is 8.03. The number of nitrogens with one attached hydrogen (secondary N) is 1. The van der Waals surface area contributed by atoms with Gasteiger partial charge in [0.1, 0.15) is 5.03 Å². The van der Waals surface area contributed by atoms with Gasteiger partial charge in [0.2, 0.25) is 0 Å². The predicted octanol–water partition coefficient (Wildman–Crippen LogP) is 3.31. The van der Waals surface area contributed by atoms with Crippen molar-refractivity contribution < 1.29 is 0 Å². The van der Waals surface area contributed by atoms with E-state index in [1.54, 1.807) is 6.20 Å². The van der Waals surface area contributed by atoms with Crippen molar-refractivity contribution in [2.75, 3.05) is 5.73 Å². The molecular formula is C14H14N4S. The van der Waals surface area contributed by atoms with Gasteiger partial charge in [0.25, 0.3) is 0 Å². The zero-order chi connectivity index (χ0) is 13.4. The van der Waals surface area contributed by atoms with Gasteiger partial charge in [-0.15, -0.1) is 0 Å². The van der Waals surface area contributed by atoms with Crippen LogP contribution in [0.15, 0.2) is 40.6 Å². The Morgan fingerprint density at radius 2 is 2.05 bits per heavy atom. The second-order valence-electron chi connectivity index (χ2n) is 4.54. The van der Waals surface area contributed by atoms with E-state index in [-0.39, 0.29) is 0 Å². The van der Waals surface area contributed by atoms with Crippen LogP contribution in [-0.4, -0.2) is 15.0 Å². The maximum Gasteiger partial charge on any atom is 0.172 e. The number of imidazole rings is 1. The number of fused-ring (bicyclic) bond motifs is 1. The number of rotatable bonds is 2. The van der Waals surface area contributed by atoms with Crippen LogP contribution >= 0.6 is 11.8 Å². The van der Waals surface area contributed by atoms with Crippen molar-refractivity contribution in [3.05, 3.63) is 41.6 Å². The number of nitrogen functional groups attached to an aromatic ring is 1. The lowest BCUT2D eigenvalue weighted by molar-refractivity contribution is 1.05. The molecule has 96 valence electrons. The van der Waals surface area contributed by atoms with Gasteiger partial charge in [-0.05, 0) is 54.9 Å². The number of pyridine rings is 1. The molecule has 0 saturated heterocycles. The zero-order valence-electron chi connectivity index (χ0n) is 10.8. The van der Waals surface area contributed by atoms with Gasteiger partial charge in [0, 0.05) is 11.9 Å². The van der Waals surface area contributed by atoms with Crippen LogP contribution in [0.4, 0.5) is 5.69 Å². The minimum absolute atomic E-state index is 0.754. The van der Waals surface area contributed by atoms with Gasteiger partial charge in [-0.1, -0.05) is 6.07 Å². The number of benzene rings is 1. The van der Waals surface area contributed by atoms with E-state index < -0.39 is 0 Å². The molecule has 3 rings (SSSR count). The average Bonchev–Trinajstić information content (AvgIpc) is 2.75. The molecule has 0 spiro atoms. The summed E-state index contributed by atoms with van der Waals surface area (Å²) in [5, 5.41) is 1.68. The van der Waals surface area contributed by atoms with Crippen LogP contribution in [0.3, 0.4) is 0 Å². The number of hydrogen-bond donors (Lipinski definition) is 2. The first-order valence-electron chi connectivity index (χ1n) is 5.98.